The van der Waals surface area contributed by atoms with E-state index in [1.165, 1.54) is 24.3 Å². The maximum Gasteiger partial charge on any atom is 0.244 e. The molecule has 0 radical (unpaired) electrons. The molecule has 2 aromatic carbocycles. The van der Waals surface area contributed by atoms with Crippen LogP contribution >= 0.6 is 11.6 Å². The summed E-state index contributed by atoms with van der Waals surface area (Å²) < 4.78 is 13.9. The highest BCUT2D eigenvalue weighted by molar-refractivity contribution is 6.30. The van der Waals surface area contributed by atoms with E-state index < -0.39 is 5.82 Å². The lowest BCUT2D eigenvalue weighted by Crippen LogP contribution is -2.45. The van der Waals surface area contributed by atoms with Gasteiger partial charge in [0.05, 0.1) is 0 Å². The largest absolute Gasteiger partial charge is 0.356 e. The van der Waals surface area contributed by atoms with Crippen LogP contribution in [0.5, 0.6) is 0 Å². The number of rotatable bonds is 10. The summed E-state index contributed by atoms with van der Waals surface area (Å²) in [6.45, 7) is 3.35. The van der Waals surface area contributed by atoms with Crippen molar-refractivity contribution < 1.29 is 14.0 Å². The van der Waals surface area contributed by atoms with Crippen LogP contribution in [-0.2, 0) is 16.0 Å². The number of carbonyl (C=O) groups excluding carboxylic acids is 2. The quantitative estimate of drug-likeness (QED) is 0.476. The summed E-state index contributed by atoms with van der Waals surface area (Å²) in [5.74, 6) is -0.622. The van der Waals surface area contributed by atoms with Crippen molar-refractivity contribution in [2.24, 2.45) is 5.92 Å². The van der Waals surface area contributed by atoms with Crippen LogP contribution in [0.2, 0.25) is 5.02 Å². The Bertz CT molecular complexity index is 951. The normalized spacial score (nSPS) is 17.8. The van der Waals surface area contributed by atoms with E-state index >= 15 is 0 Å². The van der Waals surface area contributed by atoms with Gasteiger partial charge in [-0.05, 0) is 50.0 Å². The molecule has 1 saturated heterocycles. The second-order valence-electron chi connectivity index (χ2n) is 8.22. The van der Waals surface area contributed by atoms with Gasteiger partial charge in [-0.1, -0.05) is 48.0 Å². The first-order valence-electron chi connectivity index (χ1n) is 10.9. The minimum Gasteiger partial charge on any atom is -0.356 e. The van der Waals surface area contributed by atoms with Crippen LogP contribution in [0.1, 0.15) is 30.9 Å². The molecular formula is C25H29ClFN3O2. The summed E-state index contributed by atoms with van der Waals surface area (Å²) >= 11 is 5.77. The Hall–Kier alpha value is -2.70. The van der Waals surface area contributed by atoms with Gasteiger partial charge < -0.3 is 16.0 Å². The highest BCUT2D eigenvalue weighted by Gasteiger charge is 2.26. The van der Waals surface area contributed by atoms with E-state index in [1.54, 1.807) is 6.07 Å². The van der Waals surface area contributed by atoms with Crippen LogP contribution in [0.4, 0.5) is 4.39 Å². The van der Waals surface area contributed by atoms with E-state index in [-0.39, 0.29) is 29.8 Å². The van der Waals surface area contributed by atoms with Crippen molar-refractivity contribution in [1.29, 1.82) is 0 Å². The molecule has 3 atom stereocenters. The lowest BCUT2D eigenvalue weighted by Gasteiger charge is -2.23. The number of benzene rings is 2. The highest BCUT2D eigenvalue weighted by Crippen LogP contribution is 2.17. The van der Waals surface area contributed by atoms with Crippen LogP contribution in [-0.4, -0.2) is 37.0 Å². The molecule has 0 bridgehead atoms. The molecule has 2 aromatic rings. The highest BCUT2D eigenvalue weighted by atomic mass is 35.5. The number of hydrogen-bond donors (Lipinski definition) is 3. The predicted molar refractivity (Wildman–Crippen MR) is 126 cm³/mol. The zero-order chi connectivity index (χ0) is 22.9. The third-order valence-electron chi connectivity index (χ3n) is 5.56. The van der Waals surface area contributed by atoms with Gasteiger partial charge in [-0.2, -0.15) is 0 Å². The van der Waals surface area contributed by atoms with E-state index in [0.29, 0.717) is 23.6 Å². The molecule has 0 aromatic heterocycles. The third kappa shape index (κ3) is 7.46. The predicted octanol–water partition coefficient (Wildman–Crippen LogP) is 3.72. The molecule has 5 nitrogen and oxygen atoms in total. The molecule has 0 unspecified atom stereocenters. The number of nitrogens with one attached hydrogen (secondary N) is 3. The topological polar surface area (TPSA) is 70.2 Å². The van der Waals surface area contributed by atoms with Crippen molar-refractivity contribution in [1.82, 2.24) is 16.0 Å². The van der Waals surface area contributed by atoms with Crippen LogP contribution in [0.15, 0.2) is 54.6 Å². The van der Waals surface area contributed by atoms with Gasteiger partial charge >= 0.3 is 0 Å². The fourth-order valence-electron chi connectivity index (χ4n) is 3.85. The molecule has 3 N–H and O–H groups in total. The van der Waals surface area contributed by atoms with Gasteiger partial charge in [-0.15, -0.1) is 0 Å². The molecule has 1 aliphatic rings. The van der Waals surface area contributed by atoms with Crippen molar-refractivity contribution in [3.8, 4) is 0 Å². The van der Waals surface area contributed by atoms with Gasteiger partial charge in [0.1, 0.15) is 5.82 Å². The molecule has 2 amide bonds. The Kier molecular flexibility index (Phi) is 8.82. The van der Waals surface area contributed by atoms with Gasteiger partial charge in [0.25, 0.3) is 0 Å². The first-order chi connectivity index (χ1) is 15.4. The van der Waals surface area contributed by atoms with E-state index in [9.17, 15) is 14.0 Å². The summed E-state index contributed by atoms with van der Waals surface area (Å²) in [6.07, 6.45) is 5.04. The Morgan fingerprint density at radius 2 is 2.06 bits per heavy atom. The molecule has 170 valence electrons. The molecule has 1 heterocycles. The van der Waals surface area contributed by atoms with Crippen molar-refractivity contribution in [3.05, 3.63) is 76.6 Å². The van der Waals surface area contributed by atoms with E-state index in [2.05, 4.69) is 22.9 Å². The summed E-state index contributed by atoms with van der Waals surface area (Å²) in [5.41, 5.74) is 1.40. The smallest absolute Gasteiger partial charge is 0.244 e. The molecular weight excluding hydrogens is 429 g/mol. The maximum absolute atomic E-state index is 13.9. The van der Waals surface area contributed by atoms with Crippen LogP contribution < -0.4 is 16.0 Å². The standard InChI is InChI=1S/C25H29ClFN3O2/c1-17(13-20-11-12-28-25(20)32)29-16-22(14-18-5-3-2-4-6-18)30-24(31)10-8-19-7-9-21(26)15-23(19)27/h2-10,15,17,20,22,29H,11-14,16H2,1H3,(H,28,32)(H,30,31)/b10-8+/t17-,20+,22-/m1/s1. The Balaban J connectivity index is 1.59. The molecule has 1 aliphatic heterocycles. The molecule has 0 spiro atoms. The lowest BCUT2D eigenvalue weighted by atomic mass is 9.99. The summed E-state index contributed by atoms with van der Waals surface area (Å²) in [7, 11) is 0. The molecule has 32 heavy (non-hydrogen) atoms. The summed E-state index contributed by atoms with van der Waals surface area (Å²) in [4.78, 5) is 24.4. The number of hydrogen-bond acceptors (Lipinski definition) is 3. The molecule has 0 saturated carbocycles. The average molecular weight is 458 g/mol. The van der Waals surface area contributed by atoms with Crippen molar-refractivity contribution in [2.45, 2.75) is 38.3 Å². The molecule has 0 aliphatic carbocycles. The number of halogens is 2. The Morgan fingerprint density at radius 3 is 2.75 bits per heavy atom. The SMILES string of the molecule is C[C@H](C[C@@H]1CCNC1=O)NC[C@@H](Cc1ccccc1)NC(=O)/C=C/c1ccc(Cl)cc1F. The summed E-state index contributed by atoms with van der Waals surface area (Å²) in [6, 6.07) is 14.2. The van der Waals surface area contributed by atoms with Crippen LogP contribution in [0.3, 0.4) is 0 Å². The van der Waals surface area contributed by atoms with Crippen molar-refractivity contribution in [3.63, 3.8) is 0 Å². The minimum absolute atomic E-state index is 0.0388. The van der Waals surface area contributed by atoms with Gasteiger partial charge in [-0.25, -0.2) is 4.39 Å². The van der Waals surface area contributed by atoms with Gasteiger partial charge in [0.2, 0.25) is 11.8 Å². The van der Waals surface area contributed by atoms with Crippen molar-refractivity contribution in [2.75, 3.05) is 13.1 Å². The monoisotopic (exact) mass is 457 g/mol. The van der Waals surface area contributed by atoms with E-state index in [4.69, 9.17) is 11.6 Å². The Labute approximate surface area is 193 Å². The van der Waals surface area contributed by atoms with Crippen LogP contribution in [0.25, 0.3) is 6.08 Å². The average Bonchev–Trinajstić information content (AvgIpc) is 3.16. The molecule has 3 rings (SSSR count). The second kappa shape index (κ2) is 11.8. The number of amides is 2. The second-order valence-corrected chi connectivity index (χ2v) is 8.65. The van der Waals surface area contributed by atoms with Gasteiger partial charge in [0.15, 0.2) is 0 Å². The zero-order valence-electron chi connectivity index (χ0n) is 18.1. The number of carbonyl (C=O) groups is 2. The zero-order valence-corrected chi connectivity index (χ0v) is 18.9. The molecule has 7 heteroatoms. The summed E-state index contributed by atoms with van der Waals surface area (Å²) in [5, 5.41) is 9.64. The Morgan fingerprint density at radius 1 is 1.28 bits per heavy atom. The van der Waals surface area contributed by atoms with E-state index in [0.717, 1.165) is 24.9 Å². The first kappa shape index (κ1) is 24.0. The fourth-order valence-corrected chi connectivity index (χ4v) is 4.01. The maximum atomic E-state index is 13.9. The first-order valence-corrected chi connectivity index (χ1v) is 11.3. The fraction of sp³-hybridized carbons (Fsp3) is 0.360. The third-order valence-corrected chi connectivity index (χ3v) is 5.80. The minimum atomic E-state index is -0.478. The van der Waals surface area contributed by atoms with Crippen molar-refractivity contribution >= 4 is 29.5 Å². The van der Waals surface area contributed by atoms with Gasteiger partial charge in [-0.3, -0.25) is 9.59 Å². The van der Waals surface area contributed by atoms with Crippen LogP contribution in [0, 0.1) is 11.7 Å². The molecule has 1 fully saturated rings. The van der Waals surface area contributed by atoms with E-state index in [1.807, 2.05) is 30.3 Å². The lowest BCUT2D eigenvalue weighted by molar-refractivity contribution is -0.122. The van der Waals surface area contributed by atoms with Gasteiger partial charge in [0, 0.05) is 47.8 Å².